The summed E-state index contributed by atoms with van der Waals surface area (Å²) in [6.45, 7) is 5.86. The first-order valence-corrected chi connectivity index (χ1v) is 4.99. The van der Waals surface area contributed by atoms with Gasteiger partial charge in [0.2, 0.25) is 0 Å². The fourth-order valence-corrected chi connectivity index (χ4v) is 1.13. The number of ether oxygens (including phenoxy) is 1. The fourth-order valence-electron chi connectivity index (χ4n) is 1.13. The Balaban J connectivity index is 3.70. The molecule has 0 aliphatic carbocycles. The number of likely N-dealkylation sites (N-methyl/N-ethyl adjacent to an activating group) is 1. The number of hydrogen-bond donors (Lipinski definition) is 1. The SMILES string of the molecule is COC(=O)C(N)CN(C)CCC(C)C. The third-order valence-electron chi connectivity index (χ3n) is 2.10. The van der Waals surface area contributed by atoms with Crippen molar-refractivity contribution in [1.82, 2.24) is 4.90 Å². The van der Waals surface area contributed by atoms with Crippen molar-refractivity contribution >= 4 is 5.97 Å². The van der Waals surface area contributed by atoms with Gasteiger partial charge in [0.1, 0.15) is 6.04 Å². The second kappa shape index (κ2) is 6.79. The molecule has 0 fully saturated rings. The van der Waals surface area contributed by atoms with Crippen LogP contribution in [0.3, 0.4) is 0 Å². The monoisotopic (exact) mass is 202 g/mol. The number of hydrogen-bond acceptors (Lipinski definition) is 4. The third-order valence-corrected chi connectivity index (χ3v) is 2.10. The van der Waals surface area contributed by atoms with E-state index in [4.69, 9.17) is 5.73 Å². The standard InChI is InChI=1S/C10H22N2O2/c1-8(2)5-6-12(3)7-9(11)10(13)14-4/h8-9H,5-7,11H2,1-4H3. The van der Waals surface area contributed by atoms with E-state index in [0.29, 0.717) is 12.5 Å². The average molecular weight is 202 g/mol. The van der Waals surface area contributed by atoms with Crippen molar-refractivity contribution in [2.75, 3.05) is 27.2 Å². The van der Waals surface area contributed by atoms with Crippen LogP contribution >= 0.6 is 0 Å². The maximum Gasteiger partial charge on any atom is 0.323 e. The molecule has 4 heteroatoms. The molecule has 0 aromatic carbocycles. The van der Waals surface area contributed by atoms with Gasteiger partial charge in [0.25, 0.3) is 0 Å². The van der Waals surface area contributed by atoms with E-state index in [2.05, 4.69) is 23.5 Å². The normalized spacial score (nSPS) is 13.4. The summed E-state index contributed by atoms with van der Waals surface area (Å²) in [5.41, 5.74) is 5.62. The molecule has 84 valence electrons. The predicted molar refractivity (Wildman–Crippen MR) is 56.9 cm³/mol. The molecule has 2 N–H and O–H groups in total. The molecule has 0 heterocycles. The van der Waals surface area contributed by atoms with E-state index in [1.807, 2.05) is 7.05 Å². The minimum Gasteiger partial charge on any atom is -0.468 e. The molecule has 0 rings (SSSR count). The second-order valence-corrected chi connectivity index (χ2v) is 4.07. The van der Waals surface area contributed by atoms with Crippen LogP contribution in [0.5, 0.6) is 0 Å². The lowest BCUT2D eigenvalue weighted by Crippen LogP contribution is -2.42. The molecule has 1 atom stereocenters. The summed E-state index contributed by atoms with van der Waals surface area (Å²) in [6, 6.07) is -0.530. The summed E-state index contributed by atoms with van der Waals surface area (Å²) in [4.78, 5) is 13.1. The van der Waals surface area contributed by atoms with E-state index in [1.165, 1.54) is 7.11 Å². The quantitative estimate of drug-likeness (QED) is 0.636. The number of carbonyl (C=O) groups is 1. The van der Waals surface area contributed by atoms with Crippen LogP contribution in [0, 0.1) is 5.92 Å². The molecule has 14 heavy (non-hydrogen) atoms. The highest BCUT2D eigenvalue weighted by Crippen LogP contribution is 2.00. The van der Waals surface area contributed by atoms with Gasteiger partial charge in [-0.05, 0) is 25.9 Å². The Labute approximate surface area is 86.4 Å². The Kier molecular flexibility index (Phi) is 6.49. The van der Waals surface area contributed by atoms with Crippen LogP contribution in [0.25, 0.3) is 0 Å². The number of methoxy groups -OCH3 is 1. The number of rotatable bonds is 6. The number of esters is 1. The summed E-state index contributed by atoms with van der Waals surface area (Å²) >= 11 is 0. The Morgan fingerprint density at radius 3 is 2.50 bits per heavy atom. The van der Waals surface area contributed by atoms with Crippen LogP contribution in [0.1, 0.15) is 20.3 Å². The van der Waals surface area contributed by atoms with Crippen LogP contribution in [0.4, 0.5) is 0 Å². The van der Waals surface area contributed by atoms with E-state index in [9.17, 15) is 4.79 Å². The summed E-state index contributed by atoms with van der Waals surface area (Å²) in [7, 11) is 3.32. The first-order valence-electron chi connectivity index (χ1n) is 4.99. The topological polar surface area (TPSA) is 55.6 Å². The largest absolute Gasteiger partial charge is 0.468 e. The minimum absolute atomic E-state index is 0.346. The highest BCUT2D eigenvalue weighted by molar-refractivity contribution is 5.75. The molecule has 0 aliphatic rings. The van der Waals surface area contributed by atoms with E-state index < -0.39 is 6.04 Å². The molecule has 0 saturated carbocycles. The summed E-state index contributed by atoms with van der Waals surface area (Å²) in [5, 5.41) is 0. The number of nitrogens with two attached hydrogens (primary N) is 1. The van der Waals surface area contributed by atoms with E-state index in [1.54, 1.807) is 0 Å². The average Bonchev–Trinajstić information content (AvgIpc) is 2.13. The van der Waals surface area contributed by atoms with Gasteiger partial charge in [-0.15, -0.1) is 0 Å². The van der Waals surface area contributed by atoms with Crippen molar-refractivity contribution in [1.29, 1.82) is 0 Å². The van der Waals surface area contributed by atoms with Crippen LogP contribution in [0.2, 0.25) is 0 Å². The fraction of sp³-hybridized carbons (Fsp3) is 0.900. The van der Waals surface area contributed by atoms with Gasteiger partial charge in [0, 0.05) is 6.54 Å². The van der Waals surface area contributed by atoms with Gasteiger partial charge in [-0.2, -0.15) is 0 Å². The Morgan fingerprint density at radius 2 is 2.07 bits per heavy atom. The molecule has 0 aromatic heterocycles. The summed E-state index contributed by atoms with van der Waals surface area (Å²) in [5.74, 6) is 0.327. The van der Waals surface area contributed by atoms with E-state index in [-0.39, 0.29) is 5.97 Å². The number of nitrogens with zero attached hydrogens (tertiary/aromatic N) is 1. The van der Waals surface area contributed by atoms with Gasteiger partial charge in [-0.3, -0.25) is 4.79 Å². The predicted octanol–water partition coefficient (Wildman–Crippen LogP) is 0.465. The molecular formula is C10H22N2O2. The zero-order valence-electron chi connectivity index (χ0n) is 9.62. The highest BCUT2D eigenvalue weighted by atomic mass is 16.5. The molecule has 0 aliphatic heterocycles. The van der Waals surface area contributed by atoms with Crippen molar-refractivity contribution in [3.63, 3.8) is 0 Å². The molecule has 0 saturated heterocycles. The van der Waals surface area contributed by atoms with Crippen molar-refractivity contribution in [3.05, 3.63) is 0 Å². The molecule has 0 aromatic rings. The van der Waals surface area contributed by atoms with Gasteiger partial charge in [0.05, 0.1) is 7.11 Å². The lowest BCUT2D eigenvalue weighted by Gasteiger charge is -2.20. The van der Waals surface area contributed by atoms with Crippen LogP contribution in [-0.4, -0.2) is 44.2 Å². The molecule has 0 spiro atoms. The van der Waals surface area contributed by atoms with Crippen molar-refractivity contribution in [2.45, 2.75) is 26.3 Å². The van der Waals surface area contributed by atoms with Gasteiger partial charge < -0.3 is 15.4 Å². The van der Waals surface area contributed by atoms with Crippen LogP contribution < -0.4 is 5.73 Å². The Hall–Kier alpha value is -0.610. The Morgan fingerprint density at radius 1 is 1.50 bits per heavy atom. The molecule has 4 nitrogen and oxygen atoms in total. The maximum absolute atomic E-state index is 11.0. The first kappa shape index (κ1) is 13.4. The molecule has 0 radical (unpaired) electrons. The van der Waals surface area contributed by atoms with Crippen LogP contribution in [-0.2, 0) is 9.53 Å². The third kappa shape index (κ3) is 5.94. The van der Waals surface area contributed by atoms with Crippen molar-refractivity contribution in [3.8, 4) is 0 Å². The molecule has 0 bridgehead atoms. The summed E-state index contributed by atoms with van der Waals surface area (Å²) < 4.78 is 4.55. The summed E-state index contributed by atoms with van der Waals surface area (Å²) in [6.07, 6.45) is 1.12. The van der Waals surface area contributed by atoms with E-state index in [0.717, 1.165) is 13.0 Å². The first-order chi connectivity index (χ1) is 6.47. The van der Waals surface area contributed by atoms with Crippen molar-refractivity contribution < 1.29 is 9.53 Å². The highest BCUT2D eigenvalue weighted by Gasteiger charge is 2.15. The molecular weight excluding hydrogens is 180 g/mol. The minimum atomic E-state index is -0.530. The lowest BCUT2D eigenvalue weighted by atomic mass is 10.1. The van der Waals surface area contributed by atoms with E-state index >= 15 is 0 Å². The van der Waals surface area contributed by atoms with Gasteiger partial charge in [-0.1, -0.05) is 13.8 Å². The smallest absolute Gasteiger partial charge is 0.323 e. The number of carbonyl (C=O) groups excluding carboxylic acids is 1. The van der Waals surface area contributed by atoms with Crippen molar-refractivity contribution in [2.24, 2.45) is 11.7 Å². The lowest BCUT2D eigenvalue weighted by molar-refractivity contribution is -0.142. The van der Waals surface area contributed by atoms with Gasteiger partial charge in [0.15, 0.2) is 0 Å². The zero-order valence-corrected chi connectivity index (χ0v) is 9.62. The van der Waals surface area contributed by atoms with Gasteiger partial charge >= 0.3 is 5.97 Å². The Bertz CT molecular complexity index is 172. The maximum atomic E-state index is 11.0. The van der Waals surface area contributed by atoms with Crippen LogP contribution in [0.15, 0.2) is 0 Å². The molecule has 1 unspecified atom stereocenters. The zero-order chi connectivity index (χ0) is 11.1. The molecule has 0 amide bonds. The second-order valence-electron chi connectivity index (χ2n) is 4.07. The van der Waals surface area contributed by atoms with Gasteiger partial charge in [-0.25, -0.2) is 0 Å².